The normalized spacial score (nSPS) is 20.2. The van der Waals surface area contributed by atoms with Gasteiger partial charge in [0, 0.05) is 0 Å². The van der Waals surface area contributed by atoms with Crippen LogP contribution in [0.25, 0.3) is 0 Å². The highest BCUT2D eigenvalue weighted by Crippen LogP contribution is 2.31. The quantitative estimate of drug-likeness (QED) is 0.530. The third-order valence-corrected chi connectivity index (χ3v) is 6.70. The van der Waals surface area contributed by atoms with Gasteiger partial charge in [-0.05, 0) is 80.9 Å². The summed E-state index contributed by atoms with van der Waals surface area (Å²) in [6.07, 6.45) is 7.02. The van der Waals surface area contributed by atoms with Gasteiger partial charge in [-0.2, -0.15) is 0 Å². The van der Waals surface area contributed by atoms with Crippen LogP contribution in [0.15, 0.2) is 54.6 Å². The second-order valence-electron chi connectivity index (χ2n) is 8.99. The van der Waals surface area contributed by atoms with Gasteiger partial charge in [-0.1, -0.05) is 43.7 Å². The molecule has 170 valence electrons. The van der Waals surface area contributed by atoms with Crippen LogP contribution in [0.2, 0.25) is 0 Å². The van der Waals surface area contributed by atoms with Crippen LogP contribution in [-0.2, 0) is 16.0 Å². The molecule has 0 spiro atoms. The first kappa shape index (κ1) is 22.5. The molecular formula is C27H34N2O3. The average Bonchev–Trinajstić information content (AvgIpc) is 3.13. The van der Waals surface area contributed by atoms with Crippen molar-refractivity contribution >= 4 is 17.5 Å². The Morgan fingerprint density at radius 3 is 2.38 bits per heavy atom. The fraction of sp³-hybridized carbons (Fsp3) is 0.481. The van der Waals surface area contributed by atoms with Crippen LogP contribution in [0.5, 0.6) is 5.75 Å². The van der Waals surface area contributed by atoms with Crippen LogP contribution in [0.3, 0.4) is 0 Å². The molecular weight excluding hydrogens is 400 g/mol. The topological polar surface area (TPSA) is 49.9 Å². The summed E-state index contributed by atoms with van der Waals surface area (Å²) < 4.78 is 5.61. The zero-order valence-corrected chi connectivity index (χ0v) is 19.0. The number of imide groups is 1. The SMILES string of the molecule is CCCOc1ccc(N2C(=O)CC(N3CCC(CCCc4ccccc4)CC3)C2=O)cc1. The van der Waals surface area contributed by atoms with Crippen molar-refractivity contribution in [3.05, 3.63) is 60.2 Å². The van der Waals surface area contributed by atoms with Crippen LogP contribution in [0.1, 0.15) is 51.0 Å². The Morgan fingerprint density at radius 1 is 0.969 bits per heavy atom. The summed E-state index contributed by atoms with van der Waals surface area (Å²) in [5, 5.41) is 0. The summed E-state index contributed by atoms with van der Waals surface area (Å²) in [6.45, 7) is 4.52. The molecule has 1 atom stereocenters. The third-order valence-electron chi connectivity index (χ3n) is 6.70. The monoisotopic (exact) mass is 434 g/mol. The molecule has 0 radical (unpaired) electrons. The lowest BCUT2D eigenvalue weighted by molar-refractivity contribution is -0.123. The maximum Gasteiger partial charge on any atom is 0.251 e. The number of carbonyl (C=O) groups excluding carboxylic acids is 2. The second kappa shape index (κ2) is 10.8. The Hall–Kier alpha value is -2.66. The number of ether oxygens (including phenoxy) is 1. The van der Waals surface area contributed by atoms with Crippen molar-refractivity contribution in [3.63, 3.8) is 0 Å². The highest BCUT2D eigenvalue weighted by molar-refractivity contribution is 6.22. The Kier molecular flexibility index (Phi) is 7.59. The molecule has 5 heteroatoms. The number of aryl methyl sites for hydroxylation is 1. The summed E-state index contributed by atoms with van der Waals surface area (Å²) in [5.41, 5.74) is 2.05. The van der Waals surface area contributed by atoms with E-state index in [-0.39, 0.29) is 24.3 Å². The van der Waals surface area contributed by atoms with E-state index in [0.717, 1.165) is 44.5 Å². The molecule has 0 bridgehead atoms. The van der Waals surface area contributed by atoms with Crippen molar-refractivity contribution in [2.75, 3.05) is 24.6 Å². The maximum absolute atomic E-state index is 13.1. The number of nitrogens with zero attached hydrogens (tertiary/aromatic N) is 2. The first-order valence-corrected chi connectivity index (χ1v) is 12.0. The molecule has 2 aromatic carbocycles. The van der Waals surface area contributed by atoms with E-state index in [1.165, 1.54) is 23.3 Å². The molecule has 2 saturated heterocycles. The molecule has 2 aliphatic rings. The maximum atomic E-state index is 13.1. The van der Waals surface area contributed by atoms with E-state index >= 15 is 0 Å². The number of piperidine rings is 1. The number of hydrogen-bond acceptors (Lipinski definition) is 4. The number of carbonyl (C=O) groups is 2. The van der Waals surface area contributed by atoms with E-state index in [2.05, 4.69) is 42.2 Å². The summed E-state index contributed by atoms with van der Waals surface area (Å²) in [4.78, 5) is 29.4. The van der Waals surface area contributed by atoms with Crippen molar-refractivity contribution in [3.8, 4) is 5.75 Å². The summed E-state index contributed by atoms with van der Waals surface area (Å²) in [5.74, 6) is 1.29. The molecule has 2 heterocycles. The van der Waals surface area contributed by atoms with Crippen molar-refractivity contribution < 1.29 is 14.3 Å². The molecule has 0 aliphatic carbocycles. The van der Waals surface area contributed by atoms with E-state index in [9.17, 15) is 9.59 Å². The van der Waals surface area contributed by atoms with E-state index in [4.69, 9.17) is 4.74 Å². The van der Waals surface area contributed by atoms with Gasteiger partial charge in [-0.25, -0.2) is 4.90 Å². The number of rotatable bonds is 9. The fourth-order valence-corrected chi connectivity index (χ4v) is 4.88. The van der Waals surface area contributed by atoms with Gasteiger partial charge in [0.25, 0.3) is 5.91 Å². The van der Waals surface area contributed by atoms with Crippen LogP contribution < -0.4 is 9.64 Å². The van der Waals surface area contributed by atoms with Gasteiger partial charge in [-0.15, -0.1) is 0 Å². The lowest BCUT2D eigenvalue weighted by atomic mass is 9.90. The van der Waals surface area contributed by atoms with Crippen molar-refractivity contribution in [2.45, 2.75) is 57.9 Å². The second-order valence-corrected chi connectivity index (χ2v) is 8.99. The van der Waals surface area contributed by atoms with E-state index in [1.807, 2.05) is 24.3 Å². The minimum absolute atomic E-state index is 0.0836. The van der Waals surface area contributed by atoms with Crippen molar-refractivity contribution in [1.29, 1.82) is 0 Å². The van der Waals surface area contributed by atoms with Gasteiger partial charge in [0.15, 0.2) is 0 Å². The Balaban J connectivity index is 1.27. The molecule has 0 aromatic heterocycles. The first-order chi connectivity index (χ1) is 15.7. The van der Waals surface area contributed by atoms with Crippen LogP contribution >= 0.6 is 0 Å². The van der Waals surface area contributed by atoms with Gasteiger partial charge < -0.3 is 4.74 Å². The summed E-state index contributed by atoms with van der Waals surface area (Å²) in [6, 6.07) is 17.6. The highest BCUT2D eigenvalue weighted by Gasteiger charge is 2.43. The molecule has 0 N–H and O–H groups in total. The zero-order valence-electron chi connectivity index (χ0n) is 19.0. The predicted molar refractivity (Wildman–Crippen MR) is 127 cm³/mol. The van der Waals surface area contributed by atoms with Crippen molar-refractivity contribution in [1.82, 2.24) is 4.90 Å². The molecule has 1 unspecified atom stereocenters. The zero-order chi connectivity index (χ0) is 22.3. The van der Waals surface area contributed by atoms with Crippen LogP contribution in [0.4, 0.5) is 5.69 Å². The van der Waals surface area contributed by atoms with E-state index in [0.29, 0.717) is 18.2 Å². The molecule has 0 saturated carbocycles. The standard InChI is InChI=1S/C27H34N2O3/c1-2-19-32-24-13-11-23(12-14-24)29-26(30)20-25(27(29)31)28-17-15-22(16-18-28)10-6-9-21-7-4-3-5-8-21/h3-5,7-8,11-14,22,25H,2,6,9-10,15-20H2,1H3. The Morgan fingerprint density at radius 2 is 1.69 bits per heavy atom. The molecule has 5 nitrogen and oxygen atoms in total. The molecule has 2 aliphatic heterocycles. The van der Waals surface area contributed by atoms with Gasteiger partial charge >= 0.3 is 0 Å². The third kappa shape index (κ3) is 5.39. The number of anilines is 1. The smallest absolute Gasteiger partial charge is 0.251 e. The Labute approximate surface area is 191 Å². The number of hydrogen-bond donors (Lipinski definition) is 0. The average molecular weight is 435 g/mol. The highest BCUT2D eigenvalue weighted by atomic mass is 16.5. The van der Waals surface area contributed by atoms with Crippen molar-refractivity contribution in [2.24, 2.45) is 5.92 Å². The van der Waals surface area contributed by atoms with Crippen LogP contribution in [-0.4, -0.2) is 42.5 Å². The lowest BCUT2D eigenvalue weighted by Crippen LogP contribution is -2.46. The van der Waals surface area contributed by atoms with Gasteiger partial charge in [0.05, 0.1) is 24.8 Å². The Bertz CT molecular complexity index is 889. The van der Waals surface area contributed by atoms with Crippen LogP contribution in [0, 0.1) is 5.92 Å². The molecule has 2 amide bonds. The van der Waals surface area contributed by atoms with E-state index < -0.39 is 0 Å². The predicted octanol–water partition coefficient (Wildman–Crippen LogP) is 4.84. The first-order valence-electron chi connectivity index (χ1n) is 12.0. The summed E-state index contributed by atoms with van der Waals surface area (Å²) >= 11 is 0. The molecule has 2 fully saturated rings. The molecule has 4 rings (SSSR count). The van der Waals surface area contributed by atoms with Gasteiger partial charge in [0.1, 0.15) is 5.75 Å². The largest absolute Gasteiger partial charge is 0.494 e. The minimum Gasteiger partial charge on any atom is -0.494 e. The van der Waals surface area contributed by atoms with E-state index in [1.54, 1.807) is 0 Å². The number of likely N-dealkylation sites (tertiary alicyclic amines) is 1. The van der Waals surface area contributed by atoms with Gasteiger partial charge in [0.2, 0.25) is 5.91 Å². The minimum atomic E-state index is -0.316. The molecule has 32 heavy (non-hydrogen) atoms. The number of amides is 2. The summed E-state index contributed by atoms with van der Waals surface area (Å²) in [7, 11) is 0. The fourth-order valence-electron chi connectivity index (χ4n) is 4.88. The molecule has 2 aromatic rings. The number of benzene rings is 2. The lowest BCUT2D eigenvalue weighted by Gasteiger charge is -2.34. The van der Waals surface area contributed by atoms with Gasteiger partial charge in [-0.3, -0.25) is 14.5 Å².